The van der Waals surface area contributed by atoms with E-state index < -0.39 is 0 Å². The first-order chi connectivity index (χ1) is 6.93. The molecule has 0 aliphatic rings. The van der Waals surface area contributed by atoms with Crippen LogP contribution in [0.15, 0.2) is 0 Å². The van der Waals surface area contributed by atoms with Crippen molar-refractivity contribution in [1.82, 2.24) is 15.1 Å². The van der Waals surface area contributed by atoms with Gasteiger partial charge in [0.15, 0.2) is 0 Å². The minimum atomic E-state index is 0.529. The lowest BCUT2D eigenvalue weighted by Gasteiger charge is -2.15. The number of hydrogen-bond donors (Lipinski definition) is 1. The van der Waals surface area contributed by atoms with Gasteiger partial charge in [0, 0.05) is 25.3 Å². The van der Waals surface area contributed by atoms with E-state index >= 15 is 0 Å². The minimum Gasteiger partial charge on any atom is -0.314 e. The highest BCUT2D eigenvalue weighted by atomic mass is 15.3. The third kappa shape index (κ3) is 2.81. The summed E-state index contributed by atoms with van der Waals surface area (Å²) >= 11 is 0. The van der Waals surface area contributed by atoms with Gasteiger partial charge in [0.1, 0.15) is 0 Å². The molecule has 0 saturated carbocycles. The van der Waals surface area contributed by atoms with Crippen LogP contribution in [0.3, 0.4) is 0 Å². The molecule has 1 N–H and O–H groups in total. The maximum atomic E-state index is 4.45. The third-order valence-electron chi connectivity index (χ3n) is 2.89. The van der Waals surface area contributed by atoms with Gasteiger partial charge in [0.2, 0.25) is 0 Å². The van der Waals surface area contributed by atoms with Crippen molar-refractivity contribution in [3.05, 3.63) is 17.0 Å². The van der Waals surface area contributed by atoms with Crippen LogP contribution in [0.5, 0.6) is 0 Å². The summed E-state index contributed by atoms with van der Waals surface area (Å²) in [6.45, 7) is 11.9. The van der Waals surface area contributed by atoms with Crippen LogP contribution in [0.2, 0.25) is 0 Å². The number of aryl methyl sites for hydroxylation is 2. The first-order valence-corrected chi connectivity index (χ1v) is 5.67. The standard InChI is InChI=1S/C12H23N3/c1-8(2)13-7-9(3)12-10(4)14-15(6)11(12)5/h8-9,13H,7H2,1-6H3. The van der Waals surface area contributed by atoms with Gasteiger partial charge in [-0.25, -0.2) is 0 Å². The Labute approximate surface area is 92.9 Å². The maximum absolute atomic E-state index is 4.45. The van der Waals surface area contributed by atoms with Crippen molar-refractivity contribution in [2.45, 2.75) is 46.6 Å². The molecule has 0 fully saturated rings. The lowest BCUT2D eigenvalue weighted by atomic mass is 9.99. The molecule has 0 aliphatic heterocycles. The Morgan fingerprint density at radius 1 is 1.27 bits per heavy atom. The second-order valence-electron chi connectivity index (χ2n) is 4.67. The van der Waals surface area contributed by atoms with E-state index in [4.69, 9.17) is 0 Å². The summed E-state index contributed by atoms with van der Waals surface area (Å²) < 4.78 is 1.97. The summed E-state index contributed by atoms with van der Waals surface area (Å²) in [7, 11) is 2.01. The molecular formula is C12H23N3. The van der Waals surface area contributed by atoms with Crippen LogP contribution >= 0.6 is 0 Å². The Balaban J connectivity index is 2.77. The fourth-order valence-corrected chi connectivity index (χ4v) is 2.02. The van der Waals surface area contributed by atoms with Crippen molar-refractivity contribution < 1.29 is 0 Å². The lowest BCUT2D eigenvalue weighted by Crippen LogP contribution is -2.27. The number of rotatable bonds is 4. The average molecular weight is 209 g/mol. The summed E-state index contributed by atoms with van der Waals surface area (Å²) in [5.74, 6) is 0.529. The first kappa shape index (κ1) is 12.2. The van der Waals surface area contributed by atoms with Gasteiger partial charge in [0.25, 0.3) is 0 Å². The van der Waals surface area contributed by atoms with Gasteiger partial charge in [-0.1, -0.05) is 20.8 Å². The van der Waals surface area contributed by atoms with Gasteiger partial charge in [-0.05, 0) is 25.3 Å². The van der Waals surface area contributed by atoms with E-state index in [-0.39, 0.29) is 0 Å². The van der Waals surface area contributed by atoms with E-state index in [9.17, 15) is 0 Å². The predicted octanol–water partition coefficient (Wildman–Crippen LogP) is 2.14. The molecule has 1 rings (SSSR count). The van der Waals surface area contributed by atoms with E-state index in [2.05, 4.69) is 45.0 Å². The number of aromatic nitrogens is 2. The van der Waals surface area contributed by atoms with Crippen molar-refractivity contribution >= 4 is 0 Å². The molecule has 1 aromatic rings. The molecule has 0 amide bonds. The van der Waals surface area contributed by atoms with Crippen molar-refractivity contribution in [2.24, 2.45) is 7.05 Å². The van der Waals surface area contributed by atoms with Crippen molar-refractivity contribution in [3.63, 3.8) is 0 Å². The van der Waals surface area contributed by atoms with E-state index in [0.29, 0.717) is 12.0 Å². The van der Waals surface area contributed by atoms with Crippen LogP contribution in [0.1, 0.15) is 43.6 Å². The largest absolute Gasteiger partial charge is 0.314 e. The van der Waals surface area contributed by atoms with Crippen LogP contribution in [-0.4, -0.2) is 22.4 Å². The molecule has 0 radical (unpaired) electrons. The van der Waals surface area contributed by atoms with Gasteiger partial charge in [0.05, 0.1) is 5.69 Å². The Hall–Kier alpha value is -0.830. The van der Waals surface area contributed by atoms with Crippen molar-refractivity contribution in [3.8, 4) is 0 Å². The molecule has 0 aromatic carbocycles. The van der Waals surface area contributed by atoms with Gasteiger partial charge in [-0.3, -0.25) is 4.68 Å². The summed E-state index contributed by atoms with van der Waals surface area (Å²) in [5, 5.41) is 7.92. The van der Waals surface area contributed by atoms with Gasteiger partial charge >= 0.3 is 0 Å². The van der Waals surface area contributed by atoms with E-state index in [1.165, 1.54) is 11.3 Å². The second kappa shape index (κ2) is 4.79. The summed E-state index contributed by atoms with van der Waals surface area (Å²) in [6, 6.07) is 0.546. The minimum absolute atomic E-state index is 0.529. The molecule has 1 aromatic heterocycles. The topological polar surface area (TPSA) is 29.9 Å². The average Bonchev–Trinajstić information content (AvgIpc) is 2.37. The van der Waals surface area contributed by atoms with Crippen LogP contribution in [-0.2, 0) is 7.05 Å². The maximum Gasteiger partial charge on any atom is 0.0631 e. The highest BCUT2D eigenvalue weighted by molar-refractivity contribution is 5.28. The van der Waals surface area contributed by atoms with Crippen molar-refractivity contribution in [1.29, 1.82) is 0 Å². The van der Waals surface area contributed by atoms with Crippen LogP contribution in [0, 0.1) is 13.8 Å². The fourth-order valence-electron chi connectivity index (χ4n) is 2.02. The molecule has 0 bridgehead atoms. The quantitative estimate of drug-likeness (QED) is 0.823. The smallest absolute Gasteiger partial charge is 0.0631 e. The molecular weight excluding hydrogens is 186 g/mol. The summed E-state index contributed by atoms with van der Waals surface area (Å²) in [4.78, 5) is 0. The Kier molecular flexibility index (Phi) is 3.91. The highest BCUT2D eigenvalue weighted by Gasteiger charge is 2.15. The molecule has 1 unspecified atom stereocenters. The molecule has 0 saturated heterocycles. The summed E-state index contributed by atoms with van der Waals surface area (Å²) in [5.41, 5.74) is 3.84. The Morgan fingerprint density at radius 3 is 2.27 bits per heavy atom. The normalized spacial score (nSPS) is 13.5. The fraction of sp³-hybridized carbons (Fsp3) is 0.750. The van der Waals surface area contributed by atoms with Crippen LogP contribution < -0.4 is 5.32 Å². The highest BCUT2D eigenvalue weighted by Crippen LogP contribution is 2.21. The lowest BCUT2D eigenvalue weighted by molar-refractivity contribution is 0.545. The second-order valence-corrected chi connectivity index (χ2v) is 4.67. The first-order valence-electron chi connectivity index (χ1n) is 5.67. The monoisotopic (exact) mass is 209 g/mol. The zero-order chi connectivity index (χ0) is 11.6. The number of nitrogens with zero attached hydrogens (tertiary/aromatic N) is 2. The molecule has 15 heavy (non-hydrogen) atoms. The molecule has 3 nitrogen and oxygen atoms in total. The molecule has 0 aliphatic carbocycles. The predicted molar refractivity (Wildman–Crippen MR) is 64.2 cm³/mol. The van der Waals surface area contributed by atoms with E-state index in [1.54, 1.807) is 0 Å². The third-order valence-corrected chi connectivity index (χ3v) is 2.89. The number of nitrogens with one attached hydrogen (secondary N) is 1. The number of hydrogen-bond acceptors (Lipinski definition) is 2. The van der Waals surface area contributed by atoms with Gasteiger partial charge in [-0.15, -0.1) is 0 Å². The zero-order valence-electron chi connectivity index (χ0n) is 10.8. The Bertz CT molecular complexity index is 326. The van der Waals surface area contributed by atoms with Gasteiger partial charge in [-0.2, -0.15) is 5.10 Å². The zero-order valence-corrected chi connectivity index (χ0v) is 10.8. The van der Waals surface area contributed by atoms with E-state index in [1.807, 2.05) is 11.7 Å². The molecule has 3 heteroatoms. The van der Waals surface area contributed by atoms with Crippen LogP contribution in [0.4, 0.5) is 0 Å². The van der Waals surface area contributed by atoms with E-state index in [0.717, 1.165) is 12.2 Å². The molecule has 0 spiro atoms. The molecule has 86 valence electrons. The SMILES string of the molecule is Cc1nn(C)c(C)c1C(C)CNC(C)C. The molecule has 1 heterocycles. The molecule has 1 atom stereocenters. The van der Waals surface area contributed by atoms with Crippen LogP contribution in [0.25, 0.3) is 0 Å². The summed E-state index contributed by atoms with van der Waals surface area (Å²) in [6.07, 6.45) is 0. The Morgan fingerprint density at radius 2 is 1.87 bits per heavy atom. The van der Waals surface area contributed by atoms with Gasteiger partial charge < -0.3 is 5.32 Å². The van der Waals surface area contributed by atoms with Crippen molar-refractivity contribution in [2.75, 3.05) is 6.54 Å².